The van der Waals surface area contributed by atoms with Gasteiger partial charge in [-0.25, -0.2) is 4.39 Å². The van der Waals surface area contributed by atoms with Gasteiger partial charge in [-0.1, -0.05) is 18.6 Å². The van der Waals surface area contributed by atoms with Crippen molar-refractivity contribution in [2.45, 2.75) is 44.7 Å². The van der Waals surface area contributed by atoms with Crippen LogP contribution in [0.15, 0.2) is 24.3 Å². The van der Waals surface area contributed by atoms with Gasteiger partial charge in [0.05, 0.1) is 0 Å². The average molecular weight is 250 g/mol. The third-order valence-electron chi connectivity index (χ3n) is 3.96. The summed E-state index contributed by atoms with van der Waals surface area (Å²) in [6, 6.07) is 7.84. The summed E-state index contributed by atoms with van der Waals surface area (Å²) in [5.74, 6) is -0.163. The van der Waals surface area contributed by atoms with Gasteiger partial charge in [-0.15, -0.1) is 0 Å². The van der Waals surface area contributed by atoms with Crippen LogP contribution in [0.4, 0.5) is 4.39 Å². The van der Waals surface area contributed by atoms with Crippen molar-refractivity contribution in [1.82, 2.24) is 4.90 Å². The van der Waals surface area contributed by atoms with Crippen molar-refractivity contribution in [2.24, 2.45) is 5.73 Å². The molecule has 2 unspecified atom stereocenters. The van der Waals surface area contributed by atoms with Gasteiger partial charge in [0.25, 0.3) is 0 Å². The lowest BCUT2D eigenvalue weighted by Crippen LogP contribution is -2.49. The smallest absolute Gasteiger partial charge is 0.123 e. The number of nitrogens with zero attached hydrogens (tertiary/aromatic N) is 1. The van der Waals surface area contributed by atoms with E-state index in [-0.39, 0.29) is 5.82 Å². The lowest BCUT2D eigenvalue weighted by Gasteiger charge is -2.39. The summed E-state index contributed by atoms with van der Waals surface area (Å²) in [7, 11) is 0. The largest absolute Gasteiger partial charge is 0.329 e. The van der Waals surface area contributed by atoms with E-state index in [1.54, 1.807) is 12.1 Å². The highest BCUT2D eigenvalue weighted by Crippen LogP contribution is 2.21. The minimum absolute atomic E-state index is 0.163. The number of halogens is 1. The van der Waals surface area contributed by atoms with Gasteiger partial charge in [0, 0.05) is 18.6 Å². The van der Waals surface area contributed by atoms with Crippen LogP contribution in [0.2, 0.25) is 0 Å². The Labute approximate surface area is 109 Å². The molecule has 1 aromatic carbocycles. The molecule has 1 fully saturated rings. The zero-order chi connectivity index (χ0) is 13.0. The normalized spacial score (nSPS) is 22.9. The van der Waals surface area contributed by atoms with E-state index in [1.165, 1.54) is 24.8 Å². The average Bonchev–Trinajstić information content (AvgIpc) is 2.41. The molecule has 1 aliphatic heterocycles. The van der Waals surface area contributed by atoms with E-state index in [4.69, 9.17) is 5.73 Å². The molecule has 0 radical (unpaired) electrons. The van der Waals surface area contributed by atoms with Crippen molar-refractivity contribution in [3.05, 3.63) is 35.6 Å². The Kier molecular flexibility index (Phi) is 4.72. The molecule has 0 bridgehead atoms. The Morgan fingerprint density at radius 3 is 2.72 bits per heavy atom. The summed E-state index contributed by atoms with van der Waals surface area (Å²) in [6.45, 7) is 4.13. The molecule has 1 saturated heterocycles. The fourth-order valence-corrected chi connectivity index (χ4v) is 2.94. The van der Waals surface area contributed by atoms with Crippen molar-refractivity contribution in [3.63, 3.8) is 0 Å². The molecule has 0 aliphatic carbocycles. The van der Waals surface area contributed by atoms with Crippen LogP contribution in [-0.2, 0) is 6.42 Å². The molecular formula is C15H23FN2. The summed E-state index contributed by atoms with van der Waals surface area (Å²) in [4.78, 5) is 2.52. The van der Waals surface area contributed by atoms with Crippen LogP contribution in [0.25, 0.3) is 0 Å². The molecule has 18 heavy (non-hydrogen) atoms. The maximum atomic E-state index is 12.9. The fraction of sp³-hybridized carbons (Fsp3) is 0.600. The van der Waals surface area contributed by atoms with Crippen LogP contribution in [0.3, 0.4) is 0 Å². The second kappa shape index (κ2) is 6.30. The molecule has 2 rings (SSSR count). The van der Waals surface area contributed by atoms with Crippen molar-refractivity contribution >= 4 is 0 Å². The Hall–Kier alpha value is -0.930. The molecule has 100 valence electrons. The number of rotatable bonds is 4. The quantitative estimate of drug-likeness (QED) is 0.890. The van der Waals surface area contributed by atoms with Gasteiger partial charge in [0.1, 0.15) is 5.82 Å². The molecule has 3 heteroatoms. The molecule has 0 spiro atoms. The van der Waals surface area contributed by atoms with Crippen LogP contribution in [-0.4, -0.2) is 30.1 Å². The van der Waals surface area contributed by atoms with E-state index in [1.807, 2.05) is 12.1 Å². The number of hydrogen-bond donors (Lipinski definition) is 1. The van der Waals surface area contributed by atoms with Gasteiger partial charge in [0.2, 0.25) is 0 Å². The lowest BCUT2D eigenvalue weighted by molar-refractivity contribution is 0.107. The maximum absolute atomic E-state index is 12.9. The lowest BCUT2D eigenvalue weighted by atomic mass is 9.97. The minimum atomic E-state index is -0.163. The van der Waals surface area contributed by atoms with Crippen molar-refractivity contribution < 1.29 is 4.39 Å². The number of benzene rings is 1. The predicted molar refractivity (Wildman–Crippen MR) is 73.0 cm³/mol. The summed E-state index contributed by atoms with van der Waals surface area (Å²) < 4.78 is 12.9. The minimum Gasteiger partial charge on any atom is -0.329 e. The highest BCUT2D eigenvalue weighted by Gasteiger charge is 2.25. The van der Waals surface area contributed by atoms with Crippen LogP contribution < -0.4 is 5.73 Å². The second-order valence-corrected chi connectivity index (χ2v) is 5.30. The van der Waals surface area contributed by atoms with Gasteiger partial charge in [-0.2, -0.15) is 0 Å². The number of piperidine rings is 1. The topological polar surface area (TPSA) is 29.3 Å². The van der Waals surface area contributed by atoms with Crippen LogP contribution in [0.5, 0.6) is 0 Å². The molecule has 0 saturated carbocycles. The van der Waals surface area contributed by atoms with Crippen LogP contribution >= 0.6 is 0 Å². The molecule has 1 heterocycles. The van der Waals surface area contributed by atoms with Gasteiger partial charge >= 0.3 is 0 Å². The Balaban J connectivity index is 1.97. The van der Waals surface area contributed by atoms with Gasteiger partial charge in [0.15, 0.2) is 0 Å². The van der Waals surface area contributed by atoms with E-state index < -0.39 is 0 Å². The highest BCUT2D eigenvalue weighted by atomic mass is 19.1. The molecule has 1 aromatic rings. The van der Waals surface area contributed by atoms with E-state index in [9.17, 15) is 4.39 Å². The molecule has 0 amide bonds. The summed E-state index contributed by atoms with van der Waals surface area (Å²) in [5, 5.41) is 0. The number of likely N-dealkylation sites (tertiary alicyclic amines) is 1. The Bertz CT molecular complexity index is 363. The van der Waals surface area contributed by atoms with Crippen molar-refractivity contribution in [3.8, 4) is 0 Å². The standard InChI is InChI=1S/C15H23FN2/c1-12(10-13-5-7-14(16)8-6-13)18-9-3-2-4-15(18)11-17/h5-8,12,15H,2-4,9-11,17H2,1H3. The SMILES string of the molecule is CC(Cc1ccc(F)cc1)N1CCCCC1CN. The monoisotopic (exact) mass is 250 g/mol. The first-order valence-electron chi connectivity index (χ1n) is 6.91. The van der Waals surface area contributed by atoms with E-state index in [2.05, 4.69) is 11.8 Å². The molecule has 2 atom stereocenters. The second-order valence-electron chi connectivity index (χ2n) is 5.30. The van der Waals surface area contributed by atoms with Gasteiger partial charge in [-0.05, 0) is 50.4 Å². The van der Waals surface area contributed by atoms with Gasteiger partial charge in [-0.3, -0.25) is 4.90 Å². The van der Waals surface area contributed by atoms with Crippen LogP contribution in [0.1, 0.15) is 31.7 Å². The maximum Gasteiger partial charge on any atom is 0.123 e. The highest BCUT2D eigenvalue weighted by molar-refractivity contribution is 5.17. The first-order chi connectivity index (χ1) is 8.70. The Morgan fingerprint density at radius 2 is 2.06 bits per heavy atom. The molecular weight excluding hydrogens is 227 g/mol. The third kappa shape index (κ3) is 3.30. The predicted octanol–water partition coefficient (Wildman–Crippen LogP) is 2.57. The fourth-order valence-electron chi connectivity index (χ4n) is 2.94. The number of hydrogen-bond acceptors (Lipinski definition) is 2. The summed E-state index contributed by atoms with van der Waals surface area (Å²) in [6.07, 6.45) is 4.74. The van der Waals surface area contributed by atoms with Crippen molar-refractivity contribution in [2.75, 3.05) is 13.1 Å². The molecule has 1 aliphatic rings. The Morgan fingerprint density at radius 1 is 1.33 bits per heavy atom. The van der Waals surface area contributed by atoms with Crippen molar-refractivity contribution in [1.29, 1.82) is 0 Å². The van der Waals surface area contributed by atoms with E-state index >= 15 is 0 Å². The van der Waals surface area contributed by atoms with Crippen LogP contribution in [0, 0.1) is 5.82 Å². The first-order valence-corrected chi connectivity index (χ1v) is 6.91. The first kappa shape index (κ1) is 13.5. The molecule has 2 N–H and O–H groups in total. The third-order valence-corrected chi connectivity index (χ3v) is 3.96. The van der Waals surface area contributed by atoms with E-state index in [0.717, 1.165) is 19.5 Å². The number of nitrogens with two attached hydrogens (primary N) is 1. The zero-order valence-corrected chi connectivity index (χ0v) is 11.1. The zero-order valence-electron chi connectivity index (χ0n) is 11.1. The van der Waals surface area contributed by atoms with E-state index in [0.29, 0.717) is 12.1 Å². The molecule has 2 nitrogen and oxygen atoms in total. The summed E-state index contributed by atoms with van der Waals surface area (Å²) >= 11 is 0. The summed E-state index contributed by atoms with van der Waals surface area (Å²) in [5.41, 5.74) is 7.05. The molecule has 0 aromatic heterocycles. The van der Waals surface area contributed by atoms with Gasteiger partial charge < -0.3 is 5.73 Å².